The van der Waals surface area contributed by atoms with Crippen molar-refractivity contribution in [2.45, 2.75) is 39.5 Å². The Balaban J connectivity index is 2.23. The lowest BCUT2D eigenvalue weighted by molar-refractivity contribution is -0.425. The van der Waals surface area contributed by atoms with Crippen LogP contribution in [0.15, 0.2) is 5.70 Å². The fraction of sp³-hybridized carbons (Fsp3) is 0.615. The lowest BCUT2D eigenvalue weighted by atomic mass is 10.1. The molecule has 1 aromatic rings. The van der Waals surface area contributed by atoms with Gasteiger partial charge in [-0.15, -0.1) is 0 Å². The van der Waals surface area contributed by atoms with Gasteiger partial charge in [0.1, 0.15) is 0 Å². The molecule has 0 amide bonds. The van der Waals surface area contributed by atoms with Crippen molar-refractivity contribution in [1.29, 1.82) is 0 Å². The zero-order chi connectivity index (χ0) is 13.8. The van der Waals surface area contributed by atoms with Gasteiger partial charge in [-0.2, -0.15) is 0 Å². The number of nitro groups is 1. The minimum absolute atomic E-state index is 0.247. The highest BCUT2D eigenvalue weighted by atomic mass is 32.1. The molecule has 19 heavy (non-hydrogen) atoms. The van der Waals surface area contributed by atoms with Crippen molar-refractivity contribution in [2.24, 2.45) is 0 Å². The molecule has 0 spiro atoms. The molecule has 6 heteroatoms. The van der Waals surface area contributed by atoms with Crippen molar-refractivity contribution in [3.63, 3.8) is 0 Å². The summed E-state index contributed by atoms with van der Waals surface area (Å²) in [5, 5.41) is 11.9. The summed E-state index contributed by atoms with van der Waals surface area (Å²) in [4.78, 5) is 18.3. The minimum atomic E-state index is -0.306. The molecule has 0 N–H and O–H groups in total. The standard InChI is InChI=1S/C13H19N3O2S/c1-3-11(16(17)18)9-12-10(2)14-13(19-12)15-7-5-4-6-8-15/h9H,3-8H2,1-2H3/b11-9+. The first kappa shape index (κ1) is 14.0. The fourth-order valence-electron chi connectivity index (χ4n) is 2.18. The molecular formula is C13H19N3O2S. The second kappa shape index (κ2) is 6.14. The van der Waals surface area contributed by atoms with Gasteiger partial charge in [0.15, 0.2) is 5.13 Å². The first-order chi connectivity index (χ1) is 9.11. The number of nitrogens with zero attached hydrogens (tertiary/aromatic N) is 3. The van der Waals surface area contributed by atoms with Gasteiger partial charge in [-0.05, 0) is 26.2 Å². The van der Waals surface area contributed by atoms with E-state index in [0.29, 0.717) is 6.42 Å². The van der Waals surface area contributed by atoms with Gasteiger partial charge in [-0.3, -0.25) is 10.1 Å². The highest BCUT2D eigenvalue weighted by Gasteiger charge is 2.17. The molecule has 1 saturated heterocycles. The Morgan fingerprint density at radius 2 is 2.16 bits per heavy atom. The molecule has 0 aromatic carbocycles. The lowest BCUT2D eigenvalue weighted by Crippen LogP contribution is -2.29. The third kappa shape index (κ3) is 3.32. The molecule has 1 aliphatic heterocycles. The van der Waals surface area contributed by atoms with Crippen molar-refractivity contribution >= 4 is 22.5 Å². The minimum Gasteiger partial charge on any atom is -0.348 e. The summed E-state index contributed by atoms with van der Waals surface area (Å²) in [6.07, 6.45) is 5.80. The first-order valence-corrected chi connectivity index (χ1v) is 7.50. The Kier molecular flexibility index (Phi) is 4.52. The number of rotatable bonds is 4. The summed E-state index contributed by atoms with van der Waals surface area (Å²) in [7, 11) is 0. The average molecular weight is 281 g/mol. The van der Waals surface area contributed by atoms with Crippen LogP contribution in [0.3, 0.4) is 0 Å². The number of hydrogen-bond acceptors (Lipinski definition) is 5. The highest BCUT2D eigenvalue weighted by molar-refractivity contribution is 7.16. The van der Waals surface area contributed by atoms with Crippen molar-refractivity contribution in [3.05, 3.63) is 26.4 Å². The number of allylic oxidation sites excluding steroid dienone is 1. The second-order valence-electron chi connectivity index (χ2n) is 4.74. The van der Waals surface area contributed by atoms with Crippen molar-refractivity contribution in [1.82, 2.24) is 4.98 Å². The normalized spacial score (nSPS) is 16.7. The first-order valence-electron chi connectivity index (χ1n) is 6.69. The molecule has 1 fully saturated rings. The zero-order valence-electron chi connectivity index (χ0n) is 11.4. The van der Waals surface area contributed by atoms with Gasteiger partial charge < -0.3 is 4.90 Å². The van der Waals surface area contributed by atoms with Crippen LogP contribution in [-0.4, -0.2) is 23.0 Å². The van der Waals surface area contributed by atoms with Crippen LogP contribution in [0.1, 0.15) is 43.2 Å². The smallest absolute Gasteiger partial charge is 0.247 e. The molecule has 0 atom stereocenters. The largest absolute Gasteiger partial charge is 0.348 e. The number of thiazole rings is 1. The highest BCUT2D eigenvalue weighted by Crippen LogP contribution is 2.30. The molecule has 2 heterocycles. The second-order valence-corrected chi connectivity index (χ2v) is 5.75. The number of aromatic nitrogens is 1. The van der Waals surface area contributed by atoms with Crippen LogP contribution in [0, 0.1) is 17.0 Å². The van der Waals surface area contributed by atoms with E-state index < -0.39 is 0 Å². The number of hydrogen-bond donors (Lipinski definition) is 0. The van der Waals surface area contributed by atoms with Crippen LogP contribution < -0.4 is 4.90 Å². The summed E-state index contributed by atoms with van der Waals surface area (Å²) in [6, 6.07) is 0. The van der Waals surface area contributed by atoms with Gasteiger partial charge >= 0.3 is 0 Å². The molecule has 0 saturated carbocycles. The topological polar surface area (TPSA) is 59.3 Å². The Morgan fingerprint density at radius 3 is 2.74 bits per heavy atom. The van der Waals surface area contributed by atoms with E-state index in [1.807, 2.05) is 6.92 Å². The molecular weight excluding hydrogens is 262 g/mol. The van der Waals surface area contributed by atoms with E-state index in [1.165, 1.54) is 19.3 Å². The van der Waals surface area contributed by atoms with Crippen LogP contribution in [0.5, 0.6) is 0 Å². The molecule has 5 nitrogen and oxygen atoms in total. The average Bonchev–Trinajstić information content (AvgIpc) is 2.78. The Morgan fingerprint density at radius 1 is 1.47 bits per heavy atom. The van der Waals surface area contributed by atoms with Crippen LogP contribution in [-0.2, 0) is 0 Å². The fourth-order valence-corrected chi connectivity index (χ4v) is 3.26. The molecule has 0 aliphatic carbocycles. The van der Waals surface area contributed by atoms with Gasteiger partial charge in [0.05, 0.1) is 15.5 Å². The van der Waals surface area contributed by atoms with Crippen LogP contribution >= 0.6 is 11.3 Å². The van der Waals surface area contributed by atoms with Gasteiger partial charge in [-0.25, -0.2) is 4.98 Å². The summed E-state index contributed by atoms with van der Waals surface area (Å²) >= 11 is 1.56. The van der Waals surface area contributed by atoms with E-state index in [4.69, 9.17) is 0 Å². The van der Waals surface area contributed by atoms with Crippen LogP contribution in [0.25, 0.3) is 6.08 Å². The van der Waals surface area contributed by atoms with E-state index in [-0.39, 0.29) is 10.6 Å². The number of anilines is 1. The van der Waals surface area contributed by atoms with Crippen LogP contribution in [0.2, 0.25) is 0 Å². The summed E-state index contributed by atoms with van der Waals surface area (Å²) in [5.74, 6) is 0. The van der Waals surface area contributed by atoms with Gasteiger partial charge in [0.25, 0.3) is 0 Å². The van der Waals surface area contributed by atoms with E-state index in [1.54, 1.807) is 24.3 Å². The summed E-state index contributed by atoms with van der Waals surface area (Å²) < 4.78 is 0. The maximum absolute atomic E-state index is 10.9. The van der Waals surface area contributed by atoms with Gasteiger partial charge in [-0.1, -0.05) is 18.3 Å². The van der Waals surface area contributed by atoms with Crippen LogP contribution in [0.4, 0.5) is 5.13 Å². The predicted molar refractivity (Wildman–Crippen MR) is 78.2 cm³/mol. The molecule has 1 aliphatic rings. The zero-order valence-corrected chi connectivity index (χ0v) is 12.2. The third-order valence-corrected chi connectivity index (χ3v) is 4.51. The Labute approximate surface area is 117 Å². The van der Waals surface area contributed by atoms with Crippen molar-refractivity contribution < 1.29 is 4.92 Å². The monoisotopic (exact) mass is 281 g/mol. The molecule has 0 unspecified atom stereocenters. The maximum atomic E-state index is 10.9. The Hall–Kier alpha value is -1.43. The van der Waals surface area contributed by atoms with E-state index in [9.17, 15) is 10.1 Å². The molecule has 2 rings (SSSR count). The van der Waals surface area contributed by atoms with Gasteiger partial charge in [0.2, 0.25) is 5.70 Å². The number of piperidine rings is 1. The summed E-state index contributed by atoms with van der Waals surface area (Å²) in [5.41, 5.74) is 1.13. The summed E-state index contributed by atoms with van der Waals surface area (Å²) in [6.45, 7) is 5.82. The van der Waals surface area contributed by atoms with E-state index in [0.717, 1.165) is 28.8 Å². The maximum Gasteiger partial charge on any atom is 0.247 e. The van der Waals surface area contributed by atoms with Gasteiger partial charge in [0, 0.05) is 25.6 Å². The predicted octanol–water partition coefficient (Wildman–Crippen LogP) is 3.47. The molecule has 1 aromatic heterocycles. The lowest BCUT2D eigenvalue weighted by Gasteiger charge is -2.25. The van der Waals surface area contributed by atoms with Crippen molar-refractivity contribution in [2.75, 3.05) is 18.0 Å². The molecule has 0 bridgehead atoms. The van der Waals surface area contributed by atoms with Crippen molar-refractivity contribution in [3.8, 4) is 0 Å². The van der Waals surface area contributed by atoms with E-state index in [2.05, 4.69) is 9.88 Å². The Bertz CT molecular complexity index is 490. The molecule has 0 radical (unpaired) electrons. The SMILES string of the molecule is CC/C(=C\c1sc(N2CCCCC2)nc1C)[N+](=O)[O-]. The number of aryl methyl sites for hydroxylation is 1. The quantitative estimate of drug-likeness (QED) is 0.626. The third-order valence-electron chi connectivity index (χ3n) is 3.34. The molecule has 104 valence electrons. The van der Waals surface area contributed by atoms with E-state index >= 15 is 0 Å².